The molecule has 0 saturated heterocycles. The Morgan fingerprint density at radius 2 is 2.17 bits per heavy atom. The third-order valence-electron chi connectivity index (χ3n) is 2.95. The number of aromatic nitrogens is 3. The van der Waals surface area contributed by atoms with E-state index >= 15 is 0 Å². The van der Waals surface area contributed by atoms with E-state index in [4.69, 9.17) is 0 Å². The summed E-state index contributed by atoms with van der Waals surface area (Å²) >= 11 is 3.19. The third kappa shape index (κ3) is 3.43. The number of aromatic amines is 1. The fourth-order valence-corrected chi connectivity index (χ4v) is 3.45. The van der Waals surface area contributed by atoms with Crippen molar-refractivity contribution in [3.05, 3.63) is 56.5 Å². The first kappa shape index (κ1) is 15.3. The molecule has 8 heteroatoms. The third-order valence-corrected chi connectivity index (χ3v) is 4.95. The van der Waals surface area contributed by atoms with Crippen LogP contribution in [0.4, 0.5) is 0 Å². The Hall–Kier alpha value is -2.58. The molecule has 0 aliphatic carbocycles. The molecule has 0 aliphatic rings. The second-order valence-electron chi connectivity index (χ2n) is 4.47. The molecule has 2 N–H and O–H groups in total. The zero-order valence-electron chi connectivity index (χ0n) is 12.1. The van der Waals surface area contributed by atoms with E-state index in [0.717, 1.165) is 14.8 Å². The molecule has 6 nitrogen and oxygen atoms in total. The van der Waals surface area contributed by atoms with Crippen molar-refractivity contribution in [2.75, 3.05) is 7.05 Å². The number of nitrogens with zero attached hydrogens (tertiary/aromatic N) is 2. The fraction of sp³-hybridized carbons (Fsp3) is 0.0667. The molecule has 116 valence electrons. The Morgan fingerprint density at radius 3 is 2.87 bits per heavy atom. The van der Waals surface area contributed by atoms with Crippen molar-refractivity contribution < 1.29 is 4.79 Å². The normalized spacial score (nSPS) is 11.0. The average molecular weight is 344 g/mol. The van der Waals surface area contributed by atoms with E-state index in [2.05, 4.69) is 20.3 Å². The van der Waals surface area contributed by atoms with Gasteiger partial charge in [-0.3, -0.25) is 9.59 Å². The minimum Gasteiger partial charge on any atom is -0.355 e. The zero-order valence-corrected chi connectivity index (χ0v) is 13.7. The van der Waals surface area contributed by atoms with Gasteiger partial charge in [-0.1, -0.05) is 6.07 Å². The summed E-state index contributed by atoms with van der Waals surface area (Å²) in [5.74, 6) is -0.0777. The fourth-order valence-electron chi connectivity index (χ4n) is 1.83. The van der Waals surface area contributed by atoms with Crippen LogP contribution >= 0.6 is 22.7 Å². The first-order valence-corrected chi connectivity index (χ1v) is 8.36. The van der Waals surface area contributed by atoms with Gasteiger partial charge in [0, 0.05) is 24.3 Å². The molecule has 3 heterocycles. The van der Waals surface area contributed by atoms with Crippen LogP contribution in [0.3, 0.4) is 0 Å². The maximum atomic E-state index is 11.8. The average Bonchev–Trinajstić information content (AvgIpc) is 3.23. The first-order chi connectivity index (χ1) is 11.2. The number of hydrogen-bond acceptors (Lipinski definition) is 6. The Balaban J connectivity index is 1.79. The van der Waals surface area contributed by atoms with Crippen molar-refractivity contribution in [2.45, 2.75) is 0 Å². The molecule has 0 aliphatic heterocycles. The Bertz CT molecular complexity index is 910. The molecular formula is C15H12N4O2S2. The van der Waals surface area contributed by atoms with Gasteiger partial charge in [-0.05, 0) is 23.6 Å². The van der Waals surface area contributed by atoms with Gasteiger partial charge in [0.2, 0.25) is 0 Å². The van der Waals surface area contributed by atoms with Crippen molar-refractivity contribution >= 4 is 40.7 Å². The number of carbonyl (C=O) groups is 1. The van der Waals surface area contributed by atoms with Gasteiger partial charge >= 0.3 is 0 Å². The van der Waals surface area contributed by atoms with Crippen LogP contribution in [0.5, 0.6) is 0 Å². The molecule has 0 aromatic carbocycles. The van der Waals surface area contributed by atoms with Crippen LogP contribution in [0.15, 0.2) is 34.7 Å². The monoisotopic (exact) mass is 344 g/mol. The number of H-pyrrole nitrogens is 1. The summed E-state index contributed by atoms with van der Waals surface area (Å²) < 4.78 is 0. The van der Waals surface area contributed by atoms with E-state index in [0.29, 0.717) is 5.82 Å². The van der Waals surface area contributed by atoms with E-state index in [-0.39, 0.29) is 5.56 Å². The van der Waals surface area contributed by atoms with Gasteiger partial charge in [-0.2, -0.15) is 0 Å². The lowest BCUT2D eigenvalue weighted by molar-refractivity contribution is 0.0961. The first-order valence-electron chi connectivity index (χ1n) is 6.66. The molecule has 0 fully saturated rings. The van der Waals surface area contributed by atoms with Crippen molar-refractivity contribution in [3.8, 4) is 9.88 Å². The zero-order chi connectivity index (χ0) is 16.2. The van der Waals surface area contributed by atoms with Gasteiger partial charge in [0.05, 0.1) is 4.88 Å². The molecule has 3 rings (SSSR count). The number of hydrogen-bond donors (Lipinski definition) is 2. The van der Waals surface area contributed by atoms with Crippen LogP contribution in [-0.2, 0) is 0 Å². The molecule has 0 bridgehead atoms. The molecule has 1 amide bonds. The Kier molecular flexibility index (Phi) is 4.45. The minimum atomic E-state index is -0.470. The number of carbonyl (C=O) groups excluding carboxylic acids is 1. The van der Waals surface area contributed by atoms with Crippen LogP contribution in [0.1, 0.15) is 21.1 Å². The lowest BCUT2D eigenvalue weighted by Crippen LogP contribution is -2.27. The molecular weight excluding hydrogens is 332 g/mol. The van der Waals surface area contributed by atoms with Gasteiger partial charge in [0.1, 0.15) is 16.4 Å². The largest absolute Gasteiger partial charge is 0.355 e. The lowest BCUT2D eigenvalue weighted by Gasteiger charge is -1.98. The molecule has 23 heavy (non-hydrogen) atoms. The highest BCUT2D eigenvalue weighted by molar-refractivity contribution is 7.21. The maximum Gasteiger partial charge on any atom is 0.263 e. The number of amides is 1. The molecule has 0 atom stereocenters. The summed E-state index contributed by atoms with van der Waals surface area (Å²) in [5, 5.41) is 5.36. The van der Waals surface area contributed by atoms with E-state index in [1.165, 1.54) is 13.2 Å². The summed E-state index contributed by atoms with van der Waals surface area (Å²) in [4.78, 5) is 36.3. The minimum absolute atomic E-state index is 0.0116. The molecule has 3 aromatic rings. The quantitative estimate of drug-likeness (QED) is 0.761. The highest BCUT2D eigenvalue weighted by Crippen LogP contribution is 2.29. The van der Waals surface area contributed by atoms with Gasteiger partial charge in [-0.15, -0.1) is 22.7 Å². The molecule has 3 aromatic heterocycles. The smallest absolute Gasteiger partial charge is 0.263 e. The van der Waals surface area contributed by atoms with Crippen molar-refractivity contribution in [3.63, 3.8) is 0 Å². The van der Waals surface area contributed by atoms with Crippen LogP contribution in [0.25, 0.3) is 22.0 Å². The van der Waals surface area contributed by atoms with Crippen molar-refractivity contribution in [1.82, 2.24) is 20.3 Å². The summed E-state index contributed by atoms with van der Waals surface area (Å²) in [6, 6.07) is 4.01. The number of thiazole rings is 1. The van der Waals surface area contributed by atoms with Crippen LogP contribution in [-0.4, -0.2) is 27.9 Å². The van der Waals surface area contributed by atoms with Crippen LogP contribution in [0.2, 0.25) is 0 Å². The van der Waals surface area contributed by atoms with Crippen molar-refractivity contribution in [2.24, 2.45) is 0 Å². The summed E-state index contributed by atoms with van der Waals surface area (Å²) in [7, 11) is 1.46. The van der Waals surface area contributed by atoms with Crippen molar-refractivity contribution in [1.29, 1.82) is 0 Å². The predicted molar refractivity (Wildman–Crippen MR) is 92.6 cm³/mol. The Morgan fingerprint density at radius 1 is 1.30 bits per heavy atom. The molecule has 0 saturated carbocycles. The lowest BCUT2D eigenvalue weighted by atomic mass is 10.3. The van der Waals surface area contributed by atoms with E-state index in [1.54, 1.807) is 34.9 Å². The second-order valence-corrected chi connectivity index (χ2v) is 6.48. The summed E-state index contributed by atoms with van der Waals surface area (Å²) in [6.45, 7) is 0. The van der Waals surface area contributed by atoms with Gasteiger partial charge in [0.25, 0.3) is 11.5 Å². The molecule has 0 radical (unpaired) electrons. The van der Waals surface area contributed by atoms with E-state index in [1.807, 2.05) is 23.6 Å². The van der Waals surface area contributed by atoms with Gasteiger partial charge < -0.3 is 10.3 Å². The molecule has 0 spiro atoms. The van der Waals surface area contributed by atoms with E-state index in [9.17, 15) is 9.59 Å². The summed E-state index contributed by atoms with van der Waals surface area (Å²) in [6.07, 6.45) is 6.54. The maximum absolute atomic E-state index is 11.8. The van der Waals surface area contributed by atoms with Gasteiger partial charge in [-0.25, -0.2) is 9.97 Å². The second kappa shape index (κ2) is 6.67. The van der Waals surface area contributed by atoms with Crippen LogP contribution < -0.4 is 10.9 Å². The standard InChI is InChI=1S/C15H12N4O2S2/c1-16-13(20)10-8-17-12(19-14(10)21)5-4-9-7-18-15(23-9)11-3-2-6-22-11/h2-8H,1H3,(H,16,20)(H,17,19,21). The SMILES string of the molecule is CNC(=O)c1cnc(C=Cc2cnc(-c3cccs3)s2)[nH]c1=O. The number of nitrogens with one attached hydrogen (secondary N) is 2. The van der Waals surface area contributed by atoms with Crippen LogP contribution in [0, 0.1) is 0 Å². The van der Waals surface area contributed by atoms with E-state index < -0.39 is 11.5 Å². The topological polar surface area (TPSA) is 87.7 Å². The predicted octanol–water partition coefficient (Wildman–Crippen LogP) is 2.48. The number of thiophene rings is 1. The molecule has 0 unspecified atom stereocenters. The van der Waals surface area contributed by atoms with Gasteiger partial charge in [0.15, 0.2) is 0 Å². The highest BCUT2D eigenvalue weighted by atomic mass is 32.1. The number of rotatable bonds is 4. The summed E-state index contributed by atoms with van der Waals surface area (Å²) in [5.41, 5.74) is -0.481. The highest BCUT2D eigenvalue weighted by Gasteiger charge is 2.09. The Labute approximate surface area is 139 Å².